The molecule has 2 aromatic carbocycles. The predicted octanol–water partition coefficient (Wildman–Crippen LogP) is 4.33. The number of hydrogen-bond acceptors (Lipinski definition) is 2. The van der Waals surface area contributed by atoms with Gasteiger partial charge in [0, 0.05) is 11.6 Å². The molecular weight excluding hydrogens is 246 g/mol. The van der Waals surface area contributed by atoms with Crippen LogP contribution in [-0.2, 0) is 6.61 Å². The van der Waals surface area contributed by atoms with Crippen LogP contribution < -0.4 is 4.74 Å². The normalized spacial score (nSPS) is 10.2. The van der Waals surface area contributed by atoms with Crippen LogP contribution in [0, 0.1) is 0 Å². The first-order chi connectivity index (χ1) is 9.92. The van der Waals surface area contributed by atoms with Gasteiger partial charge in [0.25, 0.3) is 0 Å². The first kappa shape index (κ1) is 12.4. The van der Waals surface area contributed by atoms with Crippen molar-refractivity contribution in [2.45, 2.75) is 6.61 Å². The second-order valence-corrected chi connectivity index (χ2v) is 4.50. The van der Waals surface area contributed by atoms with Crippen molar-refractivity contribution >= 4 is 0 Å². The first-order valence-electron chi connectivity index (χ1n) is 6.61. The highest BCUT2D eigenvalue weighted by molar-refractivity contribution is 5.59. The number of ether oxygens (including phenoxy) is 1. The van der Waals surface area contributed by atoms with Crippen molar-refractivity contribution in [3.63, 3.8) is 0 Å². The average Bonchev–Trinajstić information content (AvgIpc) is 2.55. The number of aromatic nitrogens is 1. The predicted molar refractivity (Wildman–Crippen MR) is 80.4 cm³/mol. The topological polar surface area (TPSA) is 22.1 Å². The lowest BCUT2D eigenvalue weighted by molar-refractivity contribution is 0.294. The Morgan fingerprint density at radius 2 is 1.40 bits per heavy atom. The lowest BCUT2D eigenvalue weighted by Gasteiger charge is -2.07. The molecule has 20 heavy (non-hydrogen) atoms. The molecular formula is C18H15NO. The number of rotatable bonds is 4. The quantitative estimate of drug-likeness (QED) is 0.697. The molecule has 98 valence electrons. The van der Waals surface area contributed by atoms with Gasteiger partial charge in [-0.05, 0) is 11.6 Å². The summed E-state index contributed by atoms with van der Waals surface area (Å²) < 4.78 is 5.74. The number of nitrogens with zero attached hydrogens (tertiary/aromatic N) is 1. The maximum absolute atomic E-state index is 5.74. The standard InChI is InChI=1S/C18H15NO/c1-3-8-15(9-4-1)14-20-18-13-7-12-17(19-18)16-10-5-2-6-11-16/h1-13H,14H2. The Balaban J connectivity index is 1.75. The van der Waals surface area contributed by atoms with Gasteiger partial charge in [0.15, 0.2) is 0 Å². The molecule has 3 aromatic rings. The molecule has 0 saturated heterocycles. The minimum absolute atomic E-state index is 0.534. The zero-order valence-corrected chi connectivity index (χ0v) is 11.1. The fraction of sp³-hybridized carbons (Fsp3) is 0.0556. The van der Waals surface area contributed by atoms with E-state index in [0.29, 0.717) is 12.5 Å². The molecule has 1 aromatic heterocycles. The summed E-state index contributed by atoms with van der Waals surface area (Å²) in [6.45, 7) is 0.534. The molecule has 0 unspecified atom stereocenters. The third-order valence-electron chi connectivity index (χ3n) is 3.02. The van der Waals surface area contributed by atoms with Gasteiger partial charge in [-0.1, -0.05) is 66.7 Å². The van der Waals surface area contributed by atoms with Crippen LogP contribution in [0.3, 0.4) is 0 Å². The van der Waals surface area contributed by atoms with E-state index < -0.39 is 0 Å². The monoisotopic (exact) mass is 261 g/mol. The van der Waals surface area contributed by atoms with Crippen molar-refractivity contribution in [1.29, 1.82) is 0 Å². The van der Waals surface area contributed by atoms with E-state index in [4.69, 9.17) is 4.74 Å². The second kappa shape index (κ2) is 6.02. The van der Waals surface area contributed by atoms with Gasteiger partial charge in [-0.2, -0.15) is 0 Å². The first-order valence-corrected chi connectivity index (χ1v) is 6.61. The van der Waals surface area contributed by atoms with Crippen LogP contribution in [0.5, 0.6) is 5.88 Å². The summed E-state index contributed by atoms with van der Waals surface area (Å²) in [5.41, 5.74) is 3.16. The minimum Gasteiger partial charge on any atom is -0.473 e. The Kier molecular flexibility index (Phi) is 3.74. The van der Waals surface area contributed by atoms with E-state index in [1.165, 1.54) is 0 Å². The van der Waals surface area contributed by atoms with Gasteiger partial charge in [-0.3, -0.25) is 0 Å². The molecule has 2 heteroatoms. The molecule has 0 aliphatic rings. The molecule has 0 spiro atoms. The Morgan fingerprint density at radius 1 is 0.700 bits per heavy atom. The number of hydrogen-bond donors (Lipinski definition) is 0. The van der Waals surface area contributed by atoms with E-state index in [-0.39, 0.29) is 0 Å². The van der Waals surface area contributed by atoms with Gasteiger partial charge in [0.2, 0.25) is 5.88 Å². The molecule has 0 amide bonds. The number of benzene rings is 2. The Morgan fingerprint density at radius 3 is 2.15 bits per heavy atom. The minimum atomic E-state index is 0.534. The Labute approximate surface area is 118 Å². The molecule has 0 aliphatic heterocycles. The lowest BCUT2D eigenvalue weighted by Crippen LogP contribution is -1.97. The van der Waals surface area contributed by atoms with Gasteiger partial charge >= 0.3 is 0 Å². The van der Waals surface area contributed by atoms with Gasteiger partial charge in [-0.25, -0.2) is 4.98 Å². The van der Waals surface area contributed by atoms with Crippen LogP contribution in [0.15, 0.2) is 78.9 Å². The highest BCUT2D eigenvalue weighted by Gasteiger charge is 2.01. The molecule has 0 aliphatic carbocycles. The van der Waals surface area contributed by atoms with Gasteiger partial charge in [0.1, 0.15) is 6.61 Å². The smallest absolute Gasteiger partial charge is 0.214 e. The molecule has 0 fully saturated rings. The summed E-state index contributed by atoms with van der Waals surface area (Å²) in [5, 5.41) is 0. The van der Waals surface area contributed by atoms with E-state index in [9.17, 15) is 0 Å². The van der Waals surface area contributed by atoms with Crippen molar-refractivity contribution in [3.8, 4) is 17.1 Å². The van der Waals surface area contributed by atoms with Crippen molar-refractivity contribution in [1.82, 2.24) is 4.98 Å². The van der Waals surface area contributed by atoms with Gasteiger partial charge in [-0.15, -0.1) is 0 Å². The van der Waals surface area contributed by atoms with E-state index >= 15 is 0 Å². The zero-order chi connectivity index (χ0) is 13.6. The highest BCUT2D eigenvalue weighted by Crippen LogP contribution is 2.19. The Bertz CT molecular complexity index is 665. The molecule has 0 radical (unpaired) electrons. The summed E-state index contributed by atoms with van der Waals surface area (Å²) in [5.74, 6) is 0.648. The second-order valence-electron chi connectivity index (χ2n) is 4.50. The average molecular weight is 261 g/mol. The van der Waals surface area contributed by atoms with E-state index in [1.54, 1.807) is 0 Å². The number of pyridine rings is 1. The molecule has 0 atom stereocenters. The molecule has 1 heterocycles. The molecule has 3 rings (SSSR count). The van der Waals surface area contributed by atoms with Crippen LogP contribution >= 0.6 is 0 Å². The summed E-state index contributed by atoms with van der Waals surface area (Å²) in [6.07, 6.45) is 0. The van der Waals surface area contributed by atoms with Crippen LogP contribution in [-0.4, -0.2) is 4.98 Å². The summed E-state index contributed by atoms with van der Waals surface area (Å²) >= 11 is 0. The zero-order valence-electron chi connectivity index (χ0n) is 11.1. The van der Waals surface area contributed by atoms with Crippen LogP contribution in [0.25, 0.3) is 11.3 Å². The maximum atomic E-state index is 5.74. The fourth-order valence-corrected chi connectivity index (χ4v) is 2.00. The largest absolute Gasteiger partial charge is 0.473 e. The van der Waals surface area contributed by atoms with Crippen molar-refractivity contribution in [2.24, 2.45) is 0 Å². The van der Waals surface area contributed by atoms with Crippen molar-refractivity contribution in [3.05, 3.63) is 84.4 Å². The van der Waals surface area contributed by atoms with Gasteiger partial charge < -0.3 is 4.74 Å². The molecule has 0 N–H and O–H groups in total. The van der Waals surface area contributed by atoms with E-state index in [2.05, 4.69) is 4.98 Å². The lowest BCUT2D eigenvalue weighted by atomic mass is 10.1. The van der Waals surface area contributed by atoms with Crippen LogP contribution in [0.2, 0.25) is 0 Å². The third-order valence-corrected chi connectivity index (χ3v) is 3.02. The molecule has 0 saturated carbocycles. The van der Waals surface area contributed by atoms with E-state index in [0.717, 1.165) is 16.8 Å². The van der Waals surface area contributed by atoms with Crippen LogP contribution in [0.4, 0.5) is 0 Å². The third kappa shape index (κ3) is 3.04. The fourth-order valence-electron chi connectivity index (χ4n) is 2.00. The van der Waals surface area contributed by atoms with Gasteiger partial charge in [0.05, 0.1) is 5.69 Å². The SMILES string of the molecule is c1ccc(COc2cccc(-c3ccccc3)n2)cc1. The highest BCUT2D eigenvalue weighted by atomic mass is 16.5. The molecule has 2 nitrogen and oxygen atoms in total. The maximum Gasteiger partial charge on any atom is 0.214 e. The summed E-state index contributed by atoms with van der Waals surface area (Å²) in [7, 11) is 0. The molecule has 0 bridgehead atoms. The van der Waals surface area contributed by atoms with Crippen molar-refractivity contribution < 1.29 is 4.74 Å². The summed E-state index contributed by atoms with van der Waals surface area (Å²) in [4.78, 5) is 4.54. The van der Waals surface area contributed by atoms with Crippen molar-refractivity contribution in [2.75, 3.05) is 0 Å². The van der Waals surface area contributed by atoms with E-state index in [1.807, 2.05) is 78.9 Å². The summed E-state index contributed by atoms with van der Waals surface area (Å²) in [6, 6.07) is 26.0. The Hall–Kier alpha value is -2.61. The van der Waals surface area contributed by atoms with Crippen LogP contribution in [0.1, 0.15) is 5.56 Å².